The van der Waals surface area contributed by atoms with Gasteiger partial charge >= 0.3 is 6.18 Å². The summed E-state index contributed by atoms with van der Waals surface area (Å²) in [5.41, 5.74) is -0.121. The number of ether oxygens (including phenoxy) is 1. The van der Waals surface area contributed by atoms with Gasteiger partial charge in [-0.05, 0) is 43.9 Å². The number of aromatic nitrogens is 3. The Morgan fingerprint density at radius 3 is 2.52 bits per heavy atom. The second-order valence-electron chi connectivity index (χ2n) is 7.81. The van der Waals surface area contributed by atoms with E-state index in [1.165, 1.54) is 18.5 Å². The van der Waals surface area contributed by atoms with Gasteiger partial charge in [0.15, 0.2) is 0 Å². The molecule has 0 unspecified atom stereocenters. The van der Waals surface area contributed by atoms with E-state index in [1.807, 2.05) is 4.90 Å². The van der Waals surface area contributed by atoms with Crippen LogP contribution in [-0.4, -0.2) is 52.1 Å². The number of nitrogens with zero attached hydrogens (tertiary/aromatic N) is 4. The summed E-state index contributed by atoms with van der Waals surface area (Å²) in [5, 5.41) is 2.60. The van der Waals surface area contributed by atoms with Crippen LogP contribution in [0.1, 0.15) is 42.9 Å². The topological polar surface area (TPSA) is 80.2 Å². The fraction of sp³-hybridized carbons (Fsp3) is 0.524. The van der Waals surface area contributed by atoms with Crippen molar-refractivity contribution < 1.29 is 22.7 Å². The van der Waals surface area contributed by atoms with Crippen LogP contribution in [0.2, 0.25) is 0 Å². The molecule has 0 saturated carbocycles. The Hall–Kier alpha value is -2.75. The van der Waals surface area contributed by atoms with Gasteiger partial charge in [-0.3, -0.25) is 4.79 Å². The Kier molecular flexibility index (Phi) is 6.35. The van der Waals surface area contributed by atoms with Crippen molar-refractivity contribution >= 4 is 17.7 Å². The fourth-order valence-electron chi connectivity index (χ4n) is 4.10. The van der Waals surface area contributed by atoms with Gasteiger partial charge in [-0.2, -0.15) is 13.2 Å². The van der Waals surface area contributed by atoms with E-state index in [-0.39, 0.29) is 29.5 Å². The van der Waals surface area contributed by atoms with E-state index in [2.05, 4.69) is 20.3 Å². The number of piperidine rings is 1. The normalized spacial score (nSPS) is 18.7. The summed E-state index contributed by atoms with van der Waals surface area (Å²) in [4.78, 5) is 26.9. The summed E-state index contributed by atoms with van der Waals surface area (Å²) in [5.74, 6) is 0.0996. The van der Waals surface area contributed by atoms with E-state index >= 15 is 0 Å². The number of amides is 1. The molecule has 31 heavy (non-hydrogen) atoms. The molecule has 0 radical (unpaired) electrons. The van der Waals surface area contributed by atoms with Crippen molar-refractivity contribution in [3.05, 3.63) is 41.9 Å². The van der Waals surface area contributed by atoms with Crippen LogP contribution in [0.25, 0.3) is 0 Å². The minimum atomic E-state index is -4.53. The number of likely N-dealkylation sites (tertiary alicyclic amines) is 1. The SMILES string of the molecule is O=C(C1CCOCC1)N1CCC(c2ccnc(Nc3ncccc3C(F)(F)F)n2)CC1. The third kappa shape index (κ3) is 5.12. The number of pyridine rings is 1. The van der Waals surface area contributed by atoms with Gasteiger partial charge in [0.1, 0.15) is 5.82 Å². The number of carbonyl (C=O) groups is 1. The molecular formula is C21H24F3N5O2. The zero-order chi connectivity index (χ0) is 21.8. The Bertz CT molecular complexity index is 910. The van der Waals surface area contributed by atoms with Gasteiger partial charge in [0.2, 0.25) is 11.9 Å². The van der Waals surface area contributed by atoms with Crippen molar-refractivity contribution in [2.75, 3.05) is 31.6 Å². The smallest absolute Gasteiger partial charge is 0.381 e. The molecule has 1 amide bonds. The van der Waals surface area contributed by atoms with Crippen LogP contribution >= 0.6 is 0 Å². The van der Waals surface area contributed by atoms with Crippen molar-refractivity contribution in [3.8, 4) is 0 Å². The molecule has 0 aliphatic carbocycles. The predicted octanol–water partition coefficient (Wildman–Crippen LogP) is 3.77. The highest BCUT2D eigenvalue weighted by Crippen LogP contribution is 2.34. The highest BCUT2D eigenvalue weighted by atomic mass is 19.4. The molecule has 2 aromatic heterocycles. The lowest BCUT2D eigenvalue weighted by Gasteiger charge is -2.35. The third-order valence-electron chi connectivity index (χ3n) is 5.82. The van der Waals surface area contributed by atoms with Crippen LogP contribution in [0.5, 0.6) is 0 Å². The summed E-state index contributed by atoms with van der Waals surface area (Å²) >= 11 is 0. The second-order valence-corrected chi connectivity index (χ2v) is 7.81. The molecule has 7 nitrogen and oxygen atoms in total. The number of rotatable bonds is 4. The van der Waals surface area contributed by atoms with Crippen molar-refractivity contribution in [2.45, 2.75) is 37.8 Å². The maximum atomic E-state index is 13.2. The second kappa shape index (κ2) is 9.17. The standard InChI is InChI=1S/C21H24F3N5O2/c22-21(23,24)16-2-1-8-25-18(16)28-20-26-9-3-17(27-20)14-4-10-29(11-5-14)19(30)15-6-12-31-13-7-15/h1-3,8-9,14-15H,4-7,10-13H2,(H,25,26,27,28). The zero-order valence-corrected chi connectivity index (χ0v) is 16.9. The summed E-state index contributed by atoms with van der Waals surface area (Å²) < 4.78 is 44.9. The van der Waals surface area contributed by atoms with E-state index in [9.17, 15) is 18.0 Å². The fourth-order valence-corrected chi connectivity index (χ4v) is 4.10. The van der Waals surface area contributed by atoms with Crippen LogP contribution in [-0.2, 0) is 15.7 Å². The number of hydrogen-bond acceptors (Lipinski definition) is 6. The molecule has 4 heterocycles. The number of anilines is 2. The molecule has 0 atom stereocenters. The van der Waals surface area contributed by atoms with Crippen molar-refractivity contribution in [3.63, 3.8) is 0 Å². The van der Waals surface area contributed by atoms with Gasteiger partial charge in [-0.1, -0.05) is 0 Å². The molecule has 0 bridgehead atoms. The van der Waals surface area contributed by atoms with Gasteiger partial charge in [0.25, 0.3) is 0 Å². The highest BCUT2D eigenvalue weighted by Gasteiger charge is 2.34. The van der Waals surface area contributed by atoms with Crippen molar-refractivity contribution in [1.82, 2.24) is 19.9 Å². The van der Waals surface area contributed by atoms with Crippen LogP contribution < -0.4 is 5.32 Å². The van der Waals surface area contributed by atoms with E-state index in [0.29, 0.717) is 26.3 Å². The molecular weight excluding hydrogens is 411 g/mol. The molecule has 166 valence electrons. The number of halogens is 3. The van der Waals surface area contributed by atoms with Crippen molar-refractivity contribution in [2.24, 2.45) is 5.92 Å². The van der Waals surface area contributed by atoms with Crippen LogP contribution in [0.3, 0.4) is 0 Å². The Morgan fingerprint density at radius 2 is 1.81 bits per heavy atom. The summed E-state index contributed by atoms with van der Waals surface area (Å²) in [7, 11) is 0. The van der Waals surface area contributed by atoms with Crippen LogP contribution in [0, 0.1) is 5.92 Å². The van der Waals surface area contributed by atoms with Gasteiger partial charge in [-0.15, -0.1) is 0 Å². The summed E-state index contributed by atoms with van der Waals surface area (Å²) in [6.07, 6.45) is 1.33. The molecule has 1 N–H and O–H groups in total. The molecule has 2 saturated heterocycles. The molecule has 2 aliphatic rings. The zero-order valence-electron chi connectivity index (χ0n) is 16.9. The average molecular weight is 435 g/mol. The average Bonchev–Trinajstić information content (AvgIpc) is 2.79. The lowest BCUT2D eigenvalue weighted by molar-refractivity contribution is -0.139. The molecule has 4 rings (SSSR count). The first-order valence-corrected chi connectivity index (χ1v) is 10.4. The molecule has 2 aliphatic heterocycles. The minimum Gasteiger partial charge on any atom is -0.381 e. The Labute approximate surface area is 178 Å². The predicted molar refractivity (Wildman–Crippen MR) is 107 cm³/mol. The number of hydrogen-bond donors (Lipinski definition) is 1. The summed E-state index contributed by atoms with van der Waals surface area (Å²) in [6, 6.07) is 3.97. The minimum absolute atomic E-state index is 0.0429. The van der Waals surface area contributed by atoms with Gasteiger partial charge < -0.3 is 15.0 Å². The number of alkyl halides is 3. The Morgan fingerprint density at radius 1 is 1.06 bits per heavy atom. The molecule has 10 heteroatoms. The quantitative estimate of drug-likeness (QED) is 0.788. The highest BCUT2D eigenvalue weighted by molar-refractivity contribution is 5.79. The number of nitrogens with one attached hydrogen (secondary N) is 1. The largest absolute Gasteiger partial charge is 0.419 e. The Balaban J connectivity index is 1.40. The third-order valence-corrected chi connectivity index (χ3v) is 5.82. The lowest BCUT2D eigenvalue weighted by Crippen LogP contribution is -2.42. The van der Waals surface area contributed by atoms with E-state index < -0.39 is 11.7 Å². The van der Waals surface area contributed by atoms with Crippen LogP contribution in [0.15, 0.2) is 30.6 Å². The lowest BCUT2D eigenvalue weighted by atomic mass is 9.91. The first-order valence-electron chi connectivity index (χ1n) is 10.4. The van der Waals surface area contributed by atoms with E-state index in [1.54, 1.807) is 6.07 Å². The number of carbonyl (C=O) groups excluding carboxylic acids is 1. The maximum Gasteiger partial charge on any atom is 0.419 e. The van der Waals surface area contributed by atoms with E-state index in [0.717, 1.165) is 37.4 Å². The molecule has 0 aromatic carbocycles. The summed E-state index contributed by atoms with van der Waals surface area (Å²) in [6.45, 7) is 2.56. The first-order chi connectivity index (χ1) is 14.9. The van der Waals surface area contributed by atoms with Gasteiger partial charge in [0.05, 0.1) is 5.56 Å². The van der Waals surface area contributed by atoms with Crippen LogP contribution in [0.4, 0.5) is 24.9 Å². The van der Waals surface area contributed by atoms with Gasteiger partial charge in [-0.25, -0.2) is 15.0 Å². The maximum absolute atomic E-state index is 13.2. The molecule has 2 fully saturated rings. The molecule has 2 aromatic rings. The van der Waals surface area contributed by atoms with Gasteiger partial charge in [0, 0.05) is 56.2 Å². The molecule has 0 spiro atoms. The monoisotopic (exact) mass is 435 g/mol. The van der Waals surface area contributed by atoms with E-state index in [4.69, 9.17) is 4.74 Å². The van der Waals surface area contributed by atoms with Crippen molar-refractivity contribution in [1.29, 1.82) is 0 Å². The first kappa shape index (κ1) is 21.5.